The number of hydrogen-bond acceptors (Lipinski definition) is 8. The number of carboxylic acids is 2. The fourth-order valence-electron chi connectivity index (χ4n) is 1.79. The molecule has 1 aromatic carbocycles. The molecule has 1 aromatic rings. The zero-order chi connectivity index (χ0) is 25.1. The topological polar surface area (TPSA) is 183 Å². The fourth-order valence-corrected chi connectivity index (χ4v) is 2.59. The SMILES string of the molecule is CN(C)S(=O)(=O)NCC(C)(C)NCC(O)COC(=O)c1ccccc1F.O=C(O)C(=O)O. The van der Waals surface area contributed by atoms with Crippen LogP contribution in [0.25, 0.3) is 0 Å². The summed E-state index contributed by atoms with van der Waals surface area (Å²) in [4.78, 5) is 30.0. The summed E-state index contributed by atoms with van der Waals surface area (Å²) in [5, 5.41) is 27.7. The van der Waals surface area contributed by atoms with Crippen LogP contribution in [0.15, 0.2) is 24.3 Å². The van der Waals surface area contributed by atoms with Crippen LogP contribution in [-0.4, -0.2) is 91.4 Å². The summed E-state index contributed by atoms with van der Waals surface area (Å²) < 4.78 is 45.3. The molecular formula is C18H28FN3O9S. The number of nitrogens with zero attached hydrogens (tertiary/aromatic N) is 1. The highest BCUT2D eigenvalue weighted by atomic mass is 32.2. The second kappa shape index (κ2) is 13.0. The van der Waals surface area contributed by atoms with E-state index in [2.05, 4.69) is 10.0 Å². The van der Waals surface area contributed by atoms with E-state index in [0.717, 1.165) is 10.4 Å². The van der Waals surface area contributed by atoms with Crippen molar-refractivity contribution in [2.24, 2.45) is 0 Å². The van der Waals surface area contributed by atoms with Gasteiger partial charge < -0.3 is 25.4 Å². The Balaban J connectivity index is 0.00000140. The van der Waals surface area contributed by atoms with Crippen LogP contribution in [0.1, 0.15) is 24.2 Å². The van der Waals surface area contributed by atoms with E-state index in [1.165, 1.54) is 32.3 Å². The van der Waals surface area contributed by atoms with Crippen molar-refractivity contribution in [3.63, 3.8) is 0 Å². The van der Waals surface area contributed by atoms with Gasteiger partial charge in [0.05, 0.1) is 5.56 Å². The minimum Gasteiger partial charge on any atom is -0.473 e. The van der Waals surface area contributed by atoms with Crippen LogP contribution in [0.5, 0.6) is 0 Å². The maximum absolute atomic E-state index is 13.5. The highest BCUT2D eigenvalue weighted by Gasteiger charge is 2.23. The number of carbonyl (C=O) groups excluding carboxylic acids is 1. The summed E-state index contributed by atoms with van der Waals surface area (Å²) >= 11 is 0. The number of esters is 1. The van der Waals surface area contributed by atoms with Crippen LogP contribution in [0.3, 0.4) is 0 Å². The molecule has 32 heavy (non-hydrogen) atoms. The lowest BCUT2D eigenvalue weighted by Gasteiger charge is -2.28. The minimum absolute atomic E-state index is 0.0568. The second-order valence-electron chi connectivity index (χ2n) is 7.22. The standard InChI is InChI=1S/C16H26FN3O5S.C2H2O4/c1-16(2,11-19-26(23,24)20(3)4)18-9-12(21)10-25-15(22)13-7-5-6-8-14(13)17;3-1(4)2(5)6/h5-8,12,18-19,21H,9-11H2,1-4H3;(H,3,4)(H,5,6). The Labute approximate surface area is 185 Å². The van der Waals surface area contributed by atoms with E-state index < -0.39 is 45.6 Å². The first kappa shape index (κ1) is 29.4. The molecule has 12 nitrogen and oxygen atoms in total. The van der Waals surface area contributed by atoms with Crippen LogP contribution in [0.2, 0.25) is 0 Å². The van der Waals surface area contributed by atoms with Crippen molar-refractivity contribution in [2.45, 2.75) is 25.5 Å². The summed E-state index contributed by atoms with van der Waals surface area (Å²) in [6.07, 6.45) is -1.03. The van der Waals surface area contributed by atoms with E-state index in [-0.39, 0.29) is 25.3 Å². The third-order valence-electron chi connectivity index (χ3n) is 3.68. The Morgan fingerprint density at radius 2 is 1.69 bits per heavy atom. The molecule has 0 heterocycles. The fraction of sp³-hybridized carbons (Fsp3) is 0.500. The van der Waals surface area contributed by atoms with E-state index >= 15 is 0 Å². The molecule has 5 N–H and O–H groups in total. The lowest BCUT2D eigenvalue weighted by Crippen LogP contribution is -2.53. The number of aliphatic carboxylic acids is 2. The van der Waals surface area contributed by atoms with Crippen LogP contribution >= 0.6 is 0 Å². The van der Waals surface area contributed by atoms with Gasteiger partial charge in [-0.2, -0.15) is 12.7 Å². The first-order valence-electron chi connectivity index (χ1n) is 9.07. The summed E-state index contributed by atoms with van der Waals surface area (Å²) in [5.74, 6) is -5.20. The molecule has 0 aromatic heterocycles. The predicted molar refractivity (Wildman–Crippen MR) is 111 cm³/mol. The Morgan fingerprint density at radius 3 is 2.16 bits per heavy atom. The van der Waals surface area contributed by atoms with E-state index in [0.29, 0.717) is 0 Å². The number of rotatable bonds is 10. The van der Waals surface area contributed by atoms with Gasteiger partial charge in [-0.25, -0.2) is 23.5 Å². The highest BCUT2D eigenvalue weighted by molar-refractivity contribution is 7.87. The average molecular weight is 481 g/mol. The Morgan fingerprint density at radius 1 is 1.16 bits per heavy atom. The molecule has 1 atom stereocenters. The minimum atomic E-state index is -3.55. The number of β-amino-alcohol motifs (C(OH)–C–C–N with tert-alkyl or cyclic N) is 1. The van der Waals surface area contributed by atoms with Gasteiger partial charge in [0.1, 0.15) is 18.5 Å². The first-order valence-corrected chi connectivity index (χ1v) is 10.5. The molecule has 14 heteroatoms. The van der Waals surface area contributed by atoms with Gasteiger partial charge in [0, 0.05) is 32.7 Å². The van der Waals surface area contributed by atoms with Crippen molar-refractivity contribution < 1.29 is 47.2 Å². The molecule has 0 amide bonds. The molecule has 0 aliphatic rings. The molecular weight excluding hydrogens is 453 g/mol. The third-order valence-corrected chi connectivity index (χ3v) is 5.15. The maximum Gasteiger partial charge on any atom is 0.414 e. The molecule has 0 spiro atoms. The van der Waals surface area contributed by atoms with Gasteiger partial charge >= 0.3 is 17.9 Å². The smallest absolute Gasteiger partial charge is 0.414 e. The van der Waals surface area contributed by atoms with Crippen molar-refractivity contribution in [3.05, 3.63) is 35.6 Å². The van der Waals surface area contributed by atoms with Crippen LogP contribution < -0.4 is 10.0 Å². The van der Waals surface area contributed by atoms with Crippen molar-refractivity contribution in [2.75, 3.05) is 33.8 Å². The molecule has 1 unspecified atom stereocenters. The number of hydrogen-bond donors (Lipinski definition) is 5. The quantitative estimate of drug-likeness (QED) is 0.211. The lowest BCUT2D eigenvalue weighted by atomic mass is 10.1. The van der Waals surface area contributed by atoms with Gasteiger partial charge in [0.2, 0.25) is 0 Å². The van der Waals surface area contributed by atoms with Crippen molar-refractivity contribution >= 4 is 28.1 Å². The first-order chi connectivity index (χ1) is 14.6. The molecule has 0 fully saturated rings. The summed E-state index contributed by atoms with van der Waals surface area (Å²) in [7, 11) is -0.724. The molecule has 182 valence electrons. The van der Waals surface area contributed by atoms with Gasteiger partial charge in [0.25, 0.3) is 10.2 Å². The molecule has 0 aliphatic carbocycles. The van der Waals surface area contributed by atoms with Crippen LogP contribution in [-0.2, 0) is 24.5 Å². The summed E-state index contributed by atoms with van der Waals surface area (Å²) in [5.41, 5.74) is -0.856. The highest BCUT2D eigenvalue weighted by Crippen LogP contribution is 2.08. The molecule has 0 bridgehead atoms. The number of ether oxygens (including phenoxy) is 1. The van der Waals surface area contributed by atoms with Crippen molar-refractivity contribution in [1.29, 1.82) is 0 Å². The monoisotopic (exact) mass is 481 g/mol. The Hall–Kier alpha value is -2.65. The van der Waals surface area contributed by atoms with Crippen LogP contribution in [0.4, 0.5) is 4.39 Å². The third kappa shape index (κ3) is 11.7. The molecule has 1 rings (SSSR count). The van der Waals surface area contributed by atoms with Gasteiger partial charge in [-0.3, -0.25) is 0 Å². The van der Waals surface area contributed by atoms with Crippen LogP contribution in [0, 0.1) is 5.82 Å². The Bertz CT molecular complexity index is 879. The molecule has 0 saturated heterocycles. The number of carbonyl (C=O) groups is 3. The van der Waals surface area contributed by atoms with E-state index in [9.17, 15) is 22.7 Å². The Kier molecular flexibility index (Phi) is 11.9. The van der Waals surface area contributed by atoms with Gasteiger partial charge in [0.15, 0.2) is 0 Å². The average Bonchev–Trinajstić information content (AvgIpc) is 2.70. The van der Waals surface area contributed by atoms with Crippen molar-refractivity contribution in [3.8, 4) is 0 Å². The van der Waals surface area contributed by atoms with Crippen molar-refractivity contribution in [1.82, 2.24) is 14.3 Å². The second-order valence-corrected chi connectivity index (χ2v) is 9.18. The number of nitrogens with one attached hydrogen (secondary N) is 2. The normalized spacial score (nSPS) is 12.5. The summed E-state index contributed by atoms with van der Waals surface area (Å²) in [6, 6.07) is 5.40. The maximum atomic E-state index is 13.5. The van der Waals surface area contributed by atoms with E-state index in [4.69, 9.17) is 24.5 Å². The van der Waals surface area contributed by atoms with Gasteiger partial charge in [-0.05, 0) is 26.0 Å². The summed E-state index contributed by atoms with van der Waals surface area (Å²) in [6.45, 7) is 3.34. The van der Waals surface area contributed by atoms with Gasteiger partial charge in [-0.15, -0.1) is 0 Å². The number of benzene rings is 1. The molecule has 0 radical (unpaired) electrons. The van der Waals surface area contributed by atoms with E-state index in [1.807, 2.05) is 0 Å². The number of halogens is 1. The molecule has 0 saturated carbocycles. The zero-order valence-corrected chi connectivity index (χ0v) is 18.8. The lowest BCUT2D eigenvalue weighted by molar-refractivity contribution is -0.159. The van der Waals surface area contributed by atoms with E-state index in [1.54, 1.807) is 13.8 Å². The number of aliphatic hydroxyl groups excluding tert-OH is 1. The van der Waals surface area contributed by atoms with Gasteiger partial charge in [-0.1, -0.05) is 12.1 Å². The largest absolute Gasteiger partial charge is 0.473 e. The number of carboxylic acid groups (broad SMARTS) is 2. The number of aliphatic hydroxyl groups is 1. The predicted octanol–water partition coefficient (Wildman–Crippen LogP) is -0.737. The zero-order valence-electron chi connectivity index (χ0n) is 18.0. The molecule has 0 aliphatic heterocycles.